The van der Waals surface area contributed by atoms with Crippen LogP contribution in [0.5, 0.6) is 0 Å². The van der Waals surface area contributed by atoms with Gasteiger partial charge in [0.2, 0.25) is 0 Å². The highest BCUT2D eigenvalue weighted by molar-refractivity contribution is 9.10. The van der Waals surface area contributed by atoms with Crippen molar-refractivity contribution in [3.63, 3.8) is 0 Å². The molecule has 0 aliphatic heterocycles. The van der Waals surface area contributed by atoms with E-state index in [0.717, 1.165) is 16.7 Å². The molecule has 1 amide bonds. The molecule has 1 unspecified atom stereocenters. The largest absolute Gasteiger partial charge is 0.444 e. The van der Waals surface area contributed by atoms with E-state index in [4.69, 9.17) is 4.74 Å². The Kier molecular flexibility index (Phi) is 7.39. The first-order valence-corrected chi connectivity index (χ1v) is 8.85. The highest BCUT2D eigenvalue weighted by atomic mass is 79.9. The number of rotatable bonds is 6. The summed E-state index contributed by atoms with van der Waals surface area (Å²) < 4.78 is 6.38. The van der Waals surface area contributed by atoms with Crippen molar-refractivity contribution in [1.29, 1.82) is 0 Å². The Labute approximate surface area is 148 Å². The van der Waals surface area contributed by atoms with Gasteiger partial charge in [0, 0.05) is 23.2 Å². The lowest BCUT2D eigenvalue weighted by Crippen LogP contribution is -2.38. The molecule has 1 rings (SSSR count). The molecule has 1 aromatic carbocycles. The molecule has 0 bridgehead atoms. The van der Waals surface area contributed by atoms with Crippen molar-refractivity contribution in [3.05, 3.63) is 28.2 Å². The molecule has 0 spiro atoms. The van der Waals surface area contributed by atoms with Gasteiger partial charge in [-0.1, -0.05) is 35.8 Å². The van der Waals surface area contributed by atoms with Crippen LogP contribution in [0.2, 0.25) is 0 Å². The third-order valence-corrected chi connectivity index (χ3v) is 4.53. The van der Waals surface area contributed by atoms with Crippen LogP contribution in [0.25, 0.3) is 0 Å². The second kappa shape index (κ2) is 8.57. The molecule has 130 valence electrons. The first kappa shape index (κ1) is 19.8. The van der Waals surface area contributed by atoms with Crippen LogP contribution in [0.4, 0.5) is 10.5 Å². The highest BCUT2D eigenvalue weighted by Gasteiger charge is 2.19. The Hall–Kier alpha value is -1.23. The number of amides is 1. The molecule has 0 fully saturated rings. The van der Waals surface area contributed by atoms with Gasteiger partial charge in [0.25, 0.3) is 0 Å². The van der Waals surface area contributed by atoms with E-state index in [2.05, 4.69) is 53.4 Å². The summed E-state index contributed by atoms with van der Waals surface area (Å²) in [6.07, 6.45) is -0.359. The maximum Gasteiger partial charge on any atom is 0.407 e. The molecular formula is C18H29BrN2O2. The highest BCUT2D eigenvalue weighted by Crippen LogP contribution is 2.24. The van der Waals surface area contributed by atoms with E-state index in [1.807, 2.05) is 32.9 Å². The van der Waals surface area contributed by atoms with Crippen LogP contribution in [0.3, 0.4) is 0 Å². The van der Waals surface area contributed by atoms with Crippen LogP contribution >= 0.6 is 15.9 Å². The van der Waals surface area contributed by atoms with Gasteiger partial charge in [-0.15, -0.1) is 0 Å². The van der Waals surface area contributed by atoms with Gasteiger partial charge >= 0.3 is 6.09 Å². The number of anilines is 1. The fourth-order valence-electron chi connectivity index (χ4n) is 2.11. The standard InChI is InChI=1S/C18H29BrN2O2/c1-12(2)14(11-21-17(22)23-18(4,5)6)10-20-16-9-7-8-15(19)13(16)3/h7-9,12,14,20H,10-11H2,1-6H3,(H,21,22). The molecule has 0 saturated heterocycles. The Bertz CT molecular complexity index is 524. The van der Waals surface area contributed by atoms with E-state index < -0.39 is 5.60 Å². The van der Waals surface area contributed by atoms with Crippen LogP contribution in [0, 0.1) is 18.8 Å². The van der Waals surface area contributed by atoms with Crippen LogP contribution < -0.4 is 10.6 Å². The Morgan fingerprint density at radius 2 is 1.91 bits per heavy atom. The van der Waals surface area contributed by atoms with Gasteiger partial charge in [-0.2, -0.15) is 0 Å². The topological polar surface area (TPSA) is 50.4 Å². The van der Waals surface area contributed by atoms with Crippen molar-refractivity contribution in [2.75, 3.05) is 18.4 Å². The average molecular weight is 385 g/mol. The lowest BCUT2D eigenvalue weighted by atomic mass is 9.95. The van der Waals surface area contributed by atoms with Crippen molar-refractivity contribution in [2.45, 2.75) is 47.1 Å². The number of hydrogen-bond acceptors (Lipinski definition) is 3. The smallest absolute Gasteiger partial charge is 0.407 e. The SMILES string of the molecule is Cc1c(Br)cccc1NCC(CNC(=O)OC(C)(C)C)C(C)C. The van der Waals surface area contributed by atoms with E-state index in [1.54, 1.807) is 0 Å². The van der Waals surface area contributed by atoms with Gasteiger partial charge in [-0.3, -0.25) is 0 Å². The molecule has 0 aliphatic carbocycles. The maximum absolute atomic E-state index is 11.8. The molecular weight excluding hydrogens is 356 g/mol. The minimum Gasteiger partial charge on any atom is -0.444 e. The van der Waals surface area contributed by atoms with Gasteiger partial charge in [0.15, 0.2) is 0 Å². The van der Waals surface area contributed by atoms with Crippen molar-refractivity contribution in [3.8, 4) is 0 Å². The van der Waals surface area contributed by atoms with E-state index in [-0.39, 0.29) is 6.09 Å². The first-order chi connectivity index (χ1) is 10.6. The minimum atomic E-state index is -0.469. The first-order valence-electron chi connectivity index (χ1n) is 8.06. The number of alkyl carbamates (subject to hydrolysis) is 1. The zero-order chi connectivity index (χ0) is 17.6. The molecule has 0 radical (unpaired) electrons. The molecule has 0 heterocycles. The van der Waals surface area contributed by atoms with Gasteiger partial charge in [-0.05, 0) is 57.2 Å². The van der Waals surface area contributed by atoms with Crippen molar-refractivity contribution in [2.24, 2.45) is 11.8 Å². The lowest BCUT2D eigenvalue weighted by molar-refractivity contribution is 0.0516. The summed E-state index contributed by atoms with van der Waals surface area (Å²) in [5, 5.41) is 6.36. The van der Waals surface area contributed by atoms with Gasteiger partial charge < -0.3 is 15.4 Å². The summed E-state index contributed by atoms with van der Waals surface area (Å²) in [6, 6.07) is 6.12. The molecule has 1 aromatic rings. The van der Waals surface area contributed by atoms with Gasteiger partial charge in [0.05, 0.1) is 0 Å². The second-order valence-electron chi connectivity index (χ2n) is 7.18. The normalized spacial score (nSPS) is 12.9. The summed E-state index contributed by atoms with van der Waals surface area (Å²) in [5.74, 6) is 0.769. The molecule has 0 saturated carbocycles. The average Bonchev–Trinajstić information content (AvgIpc) is 2.40. The van der Waals surface area contributed by atoms with E-state index in [9.17, 15) is 4.79 Å². The van der Waals surface area contributed by atoms with E-state index >= 15 is 0 Å². The Balaban J connectivity index is 2.56. The lowest BCUT2D eigenvalue weighted by Gasteiger charge is -2.25. The second-order valence-corrected chi connectivity index (χ2v) is 8.03. The minimum absolute atomic E-state index is 0.320. The molecule has 2 N–H and O–H groups in total. The van der Waals surface area contributed by atoms with Crippen molar-refractivity contribution in [1.82, 2.24) is 5.32 Å². The van der Waals surface area contributed by atoms with Gasteiger partial charge in [-0.25, -0.2) is 4.79 Å². The number of halogens is 1. The summed E-state index contributed by atoms with van der Waals surface area (Å²) in [4.78, 5) is 11.8. The molecule has 4 nitrogen and oxygen atoms in total. The van der Waals surface area contributed by atoms with Crippen LogP contribution in [0.15, 0.2) is 22.7 Å². The number of nitrogens with one attached hydrogen (secondary N) is 2. The predicted octanol–water partition coefficient (Wildman–Crippen LogP) is 4.97. The van der Waals surface area contributed by atoms with Crippen LogP contribution in [0.1, 0.15) is 40.2 Å². The van der Waals surface area contributed by atoms with Gasteiger partial charge in [0.1, 0.15) is 5.60 Å². The van der Waals surface area contributed by atoms with Crippen LogP contribution in [-0.2, 0) is 4.74 Å². The third-order valence-electron chi connectivity index (χ3n) is 3.67. The maximum atomic E-state index is 11.8. The number of hydrogen-bond donors (Lipinski definition) is 2. The summed E-state index contributed by atoms with van der Waals surface area (Å²) in [6.45, 7) is 13.4. The predicted molar refractivity (Wildman–Crippen MR) is 99.9 cm³/mol. The molecule has 0 aromatic heterocycles. The number of carbonyl (C=O) groups is 1. The number of ether oxygens (including phenoxy) is 1. The zero-order valence-corrected chi connectivity index (χ0v) is 16.6. The molecule has 1 atom stereocenters. The zero-order valence-electron chi connectivity index (χ0n) is 15.0. The van der Waals surface area contributed by atoms with Crippen LogP contribution in [-0.4, -0.2) is 24.8 Å². The fraction of sp³-hybridized carbons (Fsp3) is 0.611. The molecule has 5 heteroatoms. The Morgan fingerprint density at radius 3 is 2.48 bits per heavy atom. The monoisotopic (exact) mass is 384 g/mol. The third kappa shape index (κ3) is 7.25. The van der Waals surface area contributed by atoms with E-state index in [0.29, 0.717) is 18.4 Å². The van der Waals surface area contributed by atoms with Crippen molar-refractivity contribution >= 4 is 27.7 Å². The summed E-state index contributed by atoms with van der Waals surface area (Å²) in [7, 11) is 0. The number of benzene rings is 1. The fourth-order valence-corrected chi connectivity index (χ4v) is 2.48. The quantitative estimate of drug-likeness (QED) is 0.727. The summed E-state index contributed by atoms with van der Waals surface area (Å²) in [5.41, 5.74) is 1.83. The van der Waals surface area contributed by atoms with E-state index in [1.165, 1.54) is 5.56 Å². The Morgan fingerprint density at radius 1 is 1.26 bits per heavy atom. The molecule has 0 aliphatic rings. The summed E-state index contributed by atoms with van der Waals surface area (Å²) >= 11 is 3.55. The molecule has 23 heavy (non-hydrogen) atoms. The van der Waals surface area contributed by atoms with Crippen molar-refractivity contribution < 1.29 is 9.53 Å². The number of carbonyl (C=O) groups excluding carboxylic acids is 1.